The van der Waals surface area contributed by atoms with E-state index in [4.69, 9.17) is 4.74 Å². The zero-order valence-corrected chi connectivity index (χ0v) is 12.6. The normalized spacial score (nSPS) is 10.5. The molecule has 0 aliphatic rings. The average Bonchev–Trinajstić information content (AvgIpc) is 2.61. The third kappa shape index (κ3) is 2.64. The van der Waals surface area contributed by atoms with Crippen LogP contribution < -0.4 is 9.64 Å². The predicted molar refractivity (Wildman–Crippen MR) is 84.7 cm³/mol. The summed E-state index contributed by atoms with van der Waals surface area (Å²) in [5.41, 5.74) is 0.333. The highest BCUT2D eigenvalue weighted by Gasteiger charge is 2.22. The van der Waals surface area contributed by atoms with Crippen molar-refractivity contribution < 1.29 is 14.6 Å². The Morgan fingerprint density at radius 3 is 2.74 bits per heavy atom. The number of anilines is 1. The molecule has 0 atom stereocenters. The number of carbonyl (C=O) groups excluding carboxylic acids is 1. The molecule has 3 rings (SSSR count). The van der Waals surface area contributed by atoms with Gasteiger partial charge in [-0.3, -0.25) is 9.69 Å². The number of amides is 1. The van der Waals surface area contributed by atoms with Crippen molar-refractivity contribution in [2.24, 2.45) is 0 Å². The van der Waals surface area contributed by atoms with E-state index in [0.29, 0.717) is 22.5 Å². The summed E-state index contributed by atoms with van der Waals surface area (Å²) in [6.07, 6.45) is 1.58. The van der Waals surface area contributed by atoms with Gasteiger partial charge in [0.25, 0.3) is 5.91 Å². The van der Waals surface area contributed by atoms with Gasteiger partial charge in [0.2, 0.25) is 0 Å². The fraction of sp³-hybridized carbons (Fsp3) is 0.125. The molecule has 0 saturated heterocycles. The molecule has 0 aliphatic heterocycles. The smallest absolute Gasteiger partial charge is 0.283 e. The second-order valence-electron chi connectivity index (χ2n) is 4.83. The van der Waals surface area contributed by atoms with Crippen LogP contribution in [0, 0.1) is 0 Å². The molecule has 116 valence electrons. The van der Waals surface area contributed by atoms with Gasteiger partial charge in [0.15, 0.2) is 11.4 Å². The van der Waals surface area contributed by atoms with Gasteiger partial charge in [-0.1, -0.05) is 6.07 Å². The Balaban J connectivity index is 2.05. The number of nitrogens with zero attached hydrogens (tertiary/aromatic N) is 4. The van der Waals surface area contributed by atoms with E-state index in [9.17, 15) is 9.90 Å². The molecule has 0 fully saturated rings. The van der Waals surface area contributed by atoms with Crippen molar-refractivity contribution in [3.05, 3.63) is 48.3 Å². The van der Waals surface area contributed by atoms with Crippen molar-refractivity contribution in [2.45, 2.75) is 0 Å². The van der Waals surface area contributed by atoms with Crippen molar-refractivity contribution in [1.29, 1.82) is 0 Å². The van der Waals surface area contributed by atoms with Gasteiger partial charge in [-0.2, -0.15) is 0 Å². The molecule has 0 unspecified atom stereocenters. The Labute approximate surface area is 132 Å². The molecule has 0 aliphatic carbocycles. The molecule has 2 heterocycles. The molecule has 0 spiro atoms. The lowest BCUT2D eigenvalue weighted by Gasteiger charge is -2.16. The van der Waals surface area contributed by atoms with E-state index in [2.05, 4.69) is 15.2 Å². The van der Waals surface area contributed by atoms with Crippen molar-refractivity contribution in [3.8, 4) is 11.5 Å². The molecule has 0 radical (unpaired) electrons. The number of aromatic nitrogens is 3. The van der Waals surface area contributed by atoms with E-state index in [1.54, 1.807) is 49.6 Å². The standard InChI is InChI=1S/C16H14N4O3/c1-20(13-5-3-4-8-17-13)16(22)14-15(21)11-9-10(23-2)6-7-12(11)18-19-14/h3-9H,1-2H3,(H,18,21). The van der Waals surface area contributed by atoms with Gasteiger partial charge in [-0.05, 0) is 30.3 Å². The van der Waals surface area contributed by atoms with Crippen LogP contribution in [0.4, 0.5) is 5.82 Å². The molecule has 1 N–H and O–H groups in total. The molecule has 3 aromatic rings. The summed E-state index contributed by atoms with van der Waals surface area (Å²) in [4.78, 5) is 18.0. The van der Waals surface area contributed by atoms with Crippen molar-refractivity contribution in [1.82, 2.24) is 15.2 Å². The number of methoxy groups -OCH3 is 1. The summed E-state index contributed by atoms with van der Waals surface area (Å²) in [5.74, 6) is 0.266. The second-order valence-corrected chi connectivity index (χ2v) is 4.83. The average molecular weight is 310 g/mol. The Hall–Kier alpha value is -3.22. The lowest BCUT2D eigenvalue weighted by molar-refractivity contribution is 0.0984. The summed E-state index contributed by atoms with van der Waals surface area (Å²) in [5, 5.41) is 18.6. The highest BCUT2D eigenvalue weighted by Crippen LogP contribution is 2.29. The minimum absolute atomic E-state index is 0.140. The molecule has 0 bridgehead atoms. The van der Waals surface area contributed by atoms with Gasteiger partial charge in [-0.15, -0.1) is 10.2 Å². The number of aromatic hydroxyl groups is 1. The SMILES string of the molecule is COc1ccc2nnc(C(=O)N(C)c3ccccn3)c(O)c2c1. The molecular formula is C16H14N4O3. The van der Waals surface area contributed by atoms with Gasteiger partial charge < -0.3 is 9.84 Å². The van der Waals surface area contributed by atoms with Crippen molar-refractivity contribution >= 4 is 22.6 Å². The van der Waals surface area contributed by atoms with Crippen LogP contribution in [-0.4, -0.2) is 40.4 Å². The Morgan fingerprint density at radius 2 is 2.04 bits per heavy atom. The van der Waals surface area contributed by atoms with Gasteiger partial charge in [-0.25, -0.2) is 4.98 Å². The Bertz CT molecular complexity index is 868. The molecular weight excluding hydrogens is 296 g/mol. The monoisotopic (exact) mass is 310 g/mol. The Kier molecular flexibility index (Phi) is 3.76. The highest BCUT2D eigenvalue weighted by molar-refractivity contribution is 6.08. The summed E-state index contributed by atoms with van der Waals surface area (Å²) < 4.78 is 5.13. The fourth-order valence-electron chi connectivity index (χ4n) is 2.16. The minimum Gasteiger partial charge on any atom is -0.505 e. The van der Waals surface area contributed by atoms with E-state index < -0.39 is 5.91 Å². The molecule has 1 aromatic carbocycles. The van der Waals surface area contributed by atoms with Crippen LogP contribution >= 0.6 is 0 Å². The summed E-state index contributed by atoms with van der Waals surface area (Å²) in [6, 6.07) is 10.2. The number of hydrogen-bond donors (Lipinski definition) is 1. The molecule has 2 aromatic heterocycles. The van der Waals surface area contributed by atoms with Crippen LogP contribution in [-0.2, 0) is 0 Å². The van der Waals surface area contributed by atoms with Crippen LogP contribution in [0.15, 0.2) is 42.6 Å². The van der Waals surface area contributed by atoms with Gasteiger partial charge in [0.05, 0.1) is 18.0 Å². The molecule has 0 saturated carbocycles. The van der Waals surface area contributed by atoms with Gasteiger partial charge >= 0.3 is 0 Å². The number of ether oxygens (including phenoxy) is 1. The van der Waals surface area contributed by atoms with Crippen LogP contribution in [0.3, 0.4) is 0 Å². The molecule has 1 amide bonds. The third-order valence-corrected chi connectivity index (χ3v) is 3.44. The maximum atomic E-state index is 12.6. The maximum Gasteiger partial charge on any atom is 0.283 e. The zero-order valence-electron chi connectivity index (χ0n) is 12.6. The van der Waals surface area contributed by atoms with Gasteiger partial charge in [0, 0.05) is 13.2 Å². The Morgan fingerprint density at radius 1 is 1.22 bits per heavy atom. The van der Waals surface area contributed by atoms with Crippen LogP contribution in [0.2, 0.25) is 0 Å². The van der Waals surface area contributed by atoms with Crippen LogP contribution in [0.1, 0.15) is 10.5 Å². The van der Waals surface area contributed by atoms with Crippen molar-refractivity contribution in [3.63, 3.8) is 0 Å². The molecule has 23 heavy (non-hydrogen) atoms. The fourth-order valence-corrected chi connectivity index (χ4v) is 2.16. The van der Waals surface area contributed by atoms with Crippen LogP contribution in [0.5, 0.6) is 11.5 Å². The number of pyridine rings is 1. The summed E-state index contributed by atoms with van der Waals surface area (Å²) >= 11 is 0. The summed E-state index contributed by atoms with van der Waals surface area (Å²) in [7, 11) is 3.08. The largest absolute Gasteiger partial charge is 0.505 e. The van der Waals surface area contributed by atoms with Gasteiger partial charge in [0.1, 0.15) is 11.6 Å². The maximum absolute atomic E-state index is 12.6. The molecule has 7 nitrogen and oxygen atoms in total. The molecule has 7 heteroatoms. The first-order valence-corrected chi connectivity index (χ1v) is 6.84. The first kappa shape index (κ1) is 14.7. The predicted octanol–water partition coefficient (Wildman–Crippen LogP) is 2.02. The number of fused-ring (bicyclic) bond motifs is 1. The number of rotatable bonds is 3. The number of hydrogen-bond acceptors (Lipinski definition) is 6. The quantitative estimate of drug-likeness (QED) is 0.796. The topological polar surface area (TPSA) is 88.4 Å². The first-order chi connectivity index (χ1) is 11.1. The number of carbonyl (C=O) groups is 1. The van der Waals surface area contributed by atoms with E-state index in [1.807, 2.05) is 0 Å². The zero-order chi connectivity index (χ0) is 16.4. The van der Waals surface area contributed by atoms with Crippen LogP contribution in [0.25, 0.3) is 10.9 Å². The minimum atomic E-state index is -0.501. The second kappa shape index (κ2) is 5.88. The highest BCUT2D eigenvalue weighted by atomic mass is 16.5. The van der Waals surface area contributed by atoms with E-state index in [0.717, 1.165) is 0 Å². The van der Waals surface area contributed by atoms with E-state index in [1.165, 1.54) is 12.0 Å². The lowest BCUT2D eigenvalue weighted by Crippen LogP contribution is -2.28. The lowest BCUT2D eigenvalue weighted by atomic mass is 10.1. The third-order valence-electron chi connectivity index (χ3n) is 3.44. The summed E-state index contributed by atoms with van der Waals surface area (Å²) in [6.45, 7) is 0. The van der Waals surface area contributed by atoms with Crippen molar-refractivity contribution in [2.75, 3.05) is 19.1 Å². The number of benzene rings is 1. The van der Waals surface area contributed by atoms with E-state index in [-0.39, 0.29) is 11.4 Å². The van der Waals surface area contributed by atoms with E-state index >= 15 is 0 Å². The first-order valence-electron chi connectivity index (χ1n) is 6.84.